The van der Waals surface area contributed by atoms with E-state index in [2.05, 4.69) is 41.9 Å². The molecule has 1 aromatic heterocycles. The van der Waals surface area contributed by atoms with Crippen LogP contribution in [0.25, 0.3) is 0 Å². The molecule has 19 nitrogen and oxygen atoms in total. The minimum atomic E-state index is -1.51. The molecule has 0 unspecified atom stereocenters. The number of hydrogen-bond donors (Lipinski definition) is 9. The first-order valence-corrected chi connectivity index (χ1v) is 21.2. The SMILES string of the molecule is CCC[C@H](NC(=O)[C@@H](NC(=O)[C@H](NC(=O)c1ccc(C)nc1)[C@@H](C)CC)[C@@H](C)O)C(=O)N[C@H](C(=O)N[C@@H](CCCN=C(N)N)C(=O)N1CCC[C@H]1C(=O)NCC)[C@@H](C)CC. The summed E-state index contributed by atoms with van der Waals surface area (Å²) in [6.07, 6.45) is 3.09. The number of aliphatic imine (C=N–C) groups is 1. The molecule has 19 heteroatoms. The molecule has 0 bridgehead atoms. The highest BCUT2D eigenvalue weighted by Gasteiger charge is 2.39. The zero-order valence-corrected chi connectivity index (χ0v) is 36.5. The van der Waals surface area contributed by atoms with E-state index < -0.39 is 83.7 Å². The van der Waals surface area contributed by atoms with Gasteiger partial charge in [0.2, 0.25) is 35.4 Å². The van der Waals surface area contributed by atoms with Gasteiger partial charge in [0.1, 0.15) is 36.3 Å². The summed E-state index contributed by atoms with van der Waals surface area (Å²) in [4.78, 5) is 105. The molecule has 11 N–H and O–H groups in total. The van der Waals surface area contributed by atoms with Crippen molar-refractivity contribution in [3.63, 3.8) is 0 Å². The van der Waals surface area contributed by atoms with E-state index in [0.717, 1.165) is 0 Å². The Morgan fingerprint density at radius 1 is 0.817 bits per heavy atom. The number of aromatic nitrogens is 1. The number of nitrogens with two attached hydrogens (primary N) is 2. The molecule has 0 radical (unpaired) electrons. The van der Waals surface area contributed by atoms with Crippen LogP contribution >= 0.6 is 0 Å². The number of hydrogen-bond acceptors (Lipinski definition) is 10. The lowest BCUT2D eigenvalue weighted by Crippen LogP contribution is -2.62. The number of carbonyl (C=O) groups is 7. The average Bonchev–Trinajstić information content (AvgIpc) is 3.71. The molecular weight excluding hydrogens is 775 g/mol. The second kappa shape index (κ2) is 25.3. The lowest BCUT2D eigenvalue weighted by atomic mass is 9.96. The molecule has 0 spiro atoms. The maximum Gasteiger partial charge on any atom is 0.253 e. The number of likely N-dealkylation sites (tertiary alicyclic amines) is 1. The summed E-state index contributed by atoms with van der Waals surface area (Å²) >= 11 is 0. The Kier molecular flexibility index (Phi) is 21.4. The largest absolute Gasteiger partial charge is 0.391 e. The predicted molar refractivity (Wildman–Crippen MR) is 227 cm³/mol. The topological polar surface area (TPSA) is 292 Å². The van der Waals surface area contributed by atoms with Gasteiger partial charge in [0.05, 0.1) is 11.7 Å². The second-order valence-corrected chi connectivity index (χ2v) is 15.6. The van der Waals surface area contributed by atoms with Crippen molar-refractivity contribution in [2.75, 3.05) is 19.6 Å². The van der Waals surface area contributed by atoms with Crippen LogP contribution in [0.4, 0.5) is 0 Å². The van der Waals surface area contributed by atoms with E-state index in [9.17, 15) is 38.7 Å². The Labute approximate surface area is 353 Å². The lowest BCUT2D eigenvalue weighted by molar-refractivity contribution is -0.142. The molecule has 9 atom stereocenters. The molecule has 336 valence electrons. The first kappa shape index (κ1) is 50.8. The molecule has 60 heavy (non-hydrogen) atoms. The third-order valence-corrected chi connectivity index (χ3v) is 10.8. The van der Waals surface area contributed by atoms with Crippen molar-refractivity contribution < 1.29 is 38.7 Å². The fraction of sp³-hybridized carbons (Fsp3) is 0.683. The van der Waals surface area contributed by atoms with E-state index in [-0.39, 0.29) is 42.7 Å². The van der Waals surface area contributed by atoms with Gasteiger partial charge in [-0.1, -0.05) is 53.9 Å². The minimum Gasteiger partial charge on any atom is -0.391 e. The van der Waals surface area contributed by atoms with Crippen molar-refractivity contribution in [2.45, 2.75) is 149 Å². The van der Waals surface area contributed by atoms with Crippen LogP contribution in [0.5, 0.6) is 0 Å². The zero-order chi connectivity index (χ0) is 45.1. The quantitative estimate of drug-likeness (QED) is 0.0376. The number of nitrogens with one attached hydrogen (secondary N) is 6. The molecule has 1 fully saturated rings. The maximum absolute atomic E-state index is 14.1. The van der Waals surface area contributed by atoms with Gasteiger partial charge >= 0.3 is 0 Å². The Balaban J connectivity index is 2.30. The van der Waals surface area contributed by atoms with Crippen LogP contribution in [0.15, 0.2) is 23.3 Å². The number of pyridine rings is 1. The van der Waals surface area contributed by atoms with Crippen molar-refractivity contribution in [3.05, 3.63) is 29.6 Å². The summed E-state index contributed by atoms with van der Waals surface area (Å²) in [5.74, 6) is -5.06. The summed E-state index contributed by atoms with van der Waals surface area (Å²) < 4.78 is 0. The minimum absolute atomic E-state index is 0.121. The van der Waals surface area contributed by atoms with Gasteiger partial charge in [0.25, 0.3) is 5.91 Å². The lowest BCUT2D eigenvalue weighted by Gasteiger charge is -2.31. The summed E-state index contributed by atoms with van der Waals surface area (Å²) in [5.41, 5.74) is 11.9. The van der Waals surface area contributed by atoms with Crippen LogP contribution in [-0.2, 0) is 28.8 Å². The van der Waals surface area contributed by atoms with Crippen LogP contribution in [0, 0.1) is 18.8 Å². The Morgan fingerprint density at radius 3 is 1.95 bits per heavy atom. The molecule has 0 aromatic carbocycles. The molecule has 1 aromatic rings. The van der Waals surface area contributed by atoms with Crippen LogP contribution in [0.1, 0.15) is 116 Å². The first-order valence-electron chi connectivity index (χ1n) is 21.2. The highest BCUT2D eigenvalue weighted by molar-refractivity contribution is 5.99. The van der Waals surface area contributed by atoms with Crippen molar-refractivity contribution >= 4 is 47.3 Å². The predicted octanol–water partition coefficient (Wildman–Crippen LogP) is -0.119. The zero-order valence-electron chi connectivity index (χ0n) is 36.5. The molecule has 1 aliphatic heterocycles. The van der Waals surface area contributed by atoms with Crippen LogP contribution in [-0.4, -0.2) is 124 Å². The number of likely N-dealkylation sites (N-methyl/N-ethyl adjacent to an activating group) is 1. The monoisotopic (exact) mass is 844 g/mol. The van der Waals surface area contributed by atoms with Gasteiger partial charge in [-0.3, -0.25) is 43.5 Å². The number of aryl methyl sites for hydroxylation is 1. The standard InChI is InChI=1S/C41H69N11O8/c1-9-15-28(47-39(59)33(26(8)53)51-38(58)32(24(6)11-3)49-34(54)27-19-18-25(7)46-22-27)35(55)50-31(23(5)10-2)37(57)48-29(16-13-20-45-41(42)43)40(60)52-21-14-17-30(52)36(56)44-12-4/h18-19,22-24,26,28-33,53H,9-17,20-21H2,1-8H3,(H,44,56)(H,47,59)(H,48,57)(H,49,54)(H,50,55)(H,51,58)(H4,42,43,45)/t23-,24-,26+,28-,29-,30-,31-,32+,33-/m0/s1. The van der Waals surface area contributed by atoms with Crippen LogP contribution in [0.2, 0.25) is 0 Å². The Morgan fingerprint density at radius 2 is 1.40 bits per heavy atom. The number of rotatable bonds is 24. The molecule has 7 amide bonds. The molecule has 0 aliphatic carbocycles. The number of carbonyl (C=O) groups excluding carboxylic acids is 7. The number of amides is 7. The van der Waals surface area contributed by atoms with Crippen molar-refractivity contribution in [2.24, 2.45) is 28.3 Å². The Bertz CT molecular complexity index is 1640. The van der Waals surface area contributed by atoms with Gasteiger partial charge in [0, 0.05) is 31.5 Å². The van der Waals surface area contributed by atoms with E-state index in [4.69, 9.17) is 11.5 Å². The molecule has 0 saturated carbocycles. The third kappa shape index (κ3) is 15.4. The fourth-order valence-electron chi connectivity index (χ4n) is 6.77. The molecule has 2 rings (SSSR count). The van der Waals surface area contributed by atoms with E-state index in [0.29, 0.717) is 57.3 Å². The summed E-state index contributed by atoms with van der Waals surface area (Å²) in [6, 6.07) is -3.42. The molecule has 1 saturated heterocycles. The van der Waals surface area contributed by atoms with Crippen molar-refractivity contribution in [1.82, 2.24) is 41.8 Å². The van der Waals surface area contributed by atoms with Gasteiger partial charge in [-0.2, -0.15) is 0 Å². The first-order chi connectivity index (χ1) is 28.4. The number of guanidine groups is 1. The van der Waals surface area contributed by atoms with E-state index >= 15 is 0 Å². The Hall–Kier alpha value is -5.33. The smallest absolute Gasteiger partial charge is 0.253 e. The second-order valence-electron chi connectivity index (χ2n) is 15.6. The van der Waals surface area contributed by atoms with Crippen LogP contribution in [0.3, 0.4) is 0 Å². The van der Waals surface area contributed by atoms with Gasteiger partial charge in [-0.05, 0) is 76.8 Å². The summed E-state index contributed by atoms with van der Waals surface area (Å²) in [5, 5.41) is 27.0. The molecule has 2 heterocycles. The average molecular weight is 844 g/mol. The van der Waals surface area contributed by atoms with Crippen molar-refractivity contribution in [3.8, 4) is 0 Å². The van der Waals surface area contributed by atoms with E-state index in [1.165, 1.54) is 18.0 Å². The highest BCUT2D eigenvalue weighted by Crippen LogP contribution is 2.21. The number of aliphatic hydroxyl groups excluding tert-OH is 1. The third-order valence-electron chi connectivity index (χ3n) is 10.8. The van der Waals surface area contributed by atoms with Crippen LogP contribution < -0.4 is 43.4 Å². The number of nitrogens with zero attached hydrogens (tertiary/aromatic N) is 3. The van der Waals surface area contributed by atoms with Gasteiger partial charge in [-0.15, -0.1) is 0 Å². The van der Waals surface area contributed by atoms with Gasteiger partial charge < -0.3 is 53.4 Å². The molecule has 1 aliphatic rings. The normalized spacial score (nSPS) is 17.6. The molecular formula is C41H69N11O8. The highest BCUT2D eigenvalue weighted by atomic mass is 16.3. The van der Waals surface area contributed by atoms with Gasteiger partial charge in [-0.25, -0.2) is 0 Å². The van der Waals surface area contributed by atoms with Gasteiger partial charge in [0.15, 0.2) is 5.96 Å². The van der Waals surface area contributed by atoms with E-state index in [1.54, 1.807) is 46.8 Å². The fourth-order valence-corrected chi connectivity index (χ4v) is 6.77. The summed E-state index contributed by atoms with van der Waals surface area (Å²) in [6.45, 7) is 14.8. The summed E-state index contributed by atoms with van der Waals surface area (Å²) in [7, 11) is 0. The van der Waals surface area contributed by atoms with E-state index in [1.807, 2.05) is 13.8 Å². The van der Waals surface area contributed by atoms with Crippen molar-refractivity contribution in [1.29, 1.82) is 0 Å². The number of aliphatic hydroxyl groups is 1. The maximum atomic E-state index is 14.1.